The highest BCUT2D eigenvalue weighted by molar-refractivity contribution is 9.10. The van der Waals surface area contributed by atoms with Crippen LogP contribution in [0.15, 0.2) is 81.0 Å². The predicted molar refractivity (Wildman–Crippen MR) is 165 cm³/mol. The van der Waals surface area contributed by atoms with Gasteiger partial charge in [-0.3, -0.25) is 29.3 Å². The van der Waals surface area contributed by atoms with Crippen LogP contribution in [0.4, 0.5) is 17.1 Å². The van der Waals surface area contributed by atoms with Gasteiger partial charge in [0.25, 0.3) is 11.6 Å². The molecule has 2 unspecified atom stereocenters. The highest BCUT2D eigenvalue weighted by Crippen LogP contribution is 2.54. The van der Waals surface area contributed by atoms with Crippen LogP contribution in [0.3, 0.4) is 0 Å². The topological polar surface area (TPSA) is 152 Å². The highest BCUT2D eigenvalue weighted by atomic mass is 79.9. The number of benzene rings is 3. The average molecular weight is 682 g/mol. The number of carbonyl (C=O) groups is 3. The number of thiazole rings is 1. The van der Waals surface area contributed by atoms with E-state index >= 15 is 0 Å². The molecule has 1 aromatic heterocycles. The van der Waals surface area contributed by atoms with Crippen LogP contribution < -0.4 is 19.8 Å². The van der Waals surface area contributed by atoms with Crippen LogP contribution in [-0.2, 0) is 14.4 Å². The van der Waals surface area contributed by atoms with E-state index in [2.05, 4.69) is 26.2 Å². The molecule has 3 amide bonds. The third-order valence-corrected chi connectivity index (χ3v) is 10.1. The van der Waals surface area contributed by atoms with Crippen molar-refractivity contribution in [3.8, 4) is 5.75 Å². The largest absolute Gasteiger partial charge is 0.483 e. The van der Waals surface area contributed by atoms with Crippen molar-refractivity contribution < 1.29 is 24.0 Å². The molecule has 0 radical (unpaired) electrons. The molecule has 3 atom stereocenters. The molecule has 4 aromatic rings. The van der Waals surface area contributed by atoms with E-state index < -0.39 is 33.8 Å². The summed E-state index contributed by atoms with van der Waals surface area (Å²) in [6.07, 6.45) is 0. The quantitative estimate of drug-likeness (QED) is 0.153. The van der Waals surface area contributed by atoms with Gasteiger partial charge in [-0.15, -0.1) is 0 Å². The number of nitrogens with one attached hydrogen (secondary N) is 2. The summed E-state index contributed by atoms with van der Waals surface area (Å²) in [6, 6.07) is 17.7. The van der Waals surface area contributed by atoms with Gasteiger partial charge < -0.3 is 15.0 Å². The van der Waals surface area contributed by atoms with Gasteiger partial charge in [0.2, 0.25) is 11.8 Å². The minimum Gasteiger partial charge on any atom is -0.483 e. The van der Waals surface area contributed by atoms with E-state index in [4.69, 9.17) is 4.74 Å². The van der Waals surface area contributed by atoms with E-state index in [1.54, 1.807) is 24.3 Å². The Morgan fingerprint density at radius 3 is 2.56 bits per heavy atom. The first-order valence-corrected chi connectivity index (χ1v) is 15.4. The lowest BCUT2D eigenvalue weighted by Gasteiger charge is -2.31. The second-order valence-electron chi connectivity index (χ2n) is 9.87. The second kappa shape index (κ2) is 11.4. The first-order chi connectivity index (χ1) is 20.6. The van der Waals surface area contributed by atoms with Crippen molar-refractivity contribution in [1.29, 1.82) is 0 Å². The normalized spacial score (nSPS) is 19.1. The number of imide groups is 1. The molecule has 2 N–H and O–H groups in total. The average Bonchev–Trinajstić information content (AvgIpc) is 3.47. The molecule has 11 nitrogen and oxygen atoms in total. The SMILES string of the molecule is Cc1ccccc1NC(=O)COc1ccc(Br)cc1[C@H]1c2sc(=O)[nH]c2SC2C(=O)N(c3ccc([N+](=O)[O-])cc3)C(=O)C21. The van der Waals surface area contributed by atoms with E-state index in [1.165, 1.54) is 24.3 Å². The third-order valence-electron chi connectivity index (χ3n) is 7.23. The third kappa shape index (κ3) is 5.37. The van der Waals surface area contributed by atoms with Crippen molar-refractivity contribution >= 4 is 73.8 Å². The van der Waals surface area contributed by atoms with Gasteiger partial charge in [-0.05, 0) is 48.9 Å². The Bertz CT molecular complexity index is 1860. The van der Waals surface area contributed by atoms with Crippen LogP contribution in [0.5, 0.6) is 5.75 Å². The number of aromatic nitrogens is 1. The van der Waals surface area contributed by atoms with Gasteiger partial charge >= 0.3 is 4.87 Å². The molecular formula is C29H21BrN4O7S2. The Morgan fingerprint density at radius 1 is 1.09 bits per heavy atom. The molecule has 218 valence electrons. The van der Waals surface area contributed by atoms with Gasteiger partial charge in [-0.2, -0.15) is 0 Å². The van der Waals surface area contributed by atoms with E-state index in [1.807, 2.05) is 25.1 Å². The Hall–Kier alpha value is -4.27. The fourth-order valence-corrected chi connectivity index (χ4v) is 8.15. The summed E-state index contributed by atoms with van der Waals surface area (Å²) in [6.45, 7) is 1.55. The van der Waals surface area contributed by atoms with Crippen LogP contribution in [0.2, 0.25) is 0 Å². The molecule has 3 heterocycles. The summed E-state index contributed by atoms with van der Waals surface area (Å²) in [5.41, 5.74) is 2.11. The van der Waals surface area contributed by atoms with Crippen molar-refractivity contribution in [1.82, 2.24) is 4.98 Å². The van der Waals surface area contributed by atoms with Crippen molar-refractivity contribution in [2.24, 2.45) is 5.92 Å². The minimum absolute atomic E-state index is 0.172. The molecule has 3 aromatic carbocycles. The Morgan fingerprint density at radius 2 is 1.84 bits per heavy atom. The summed E-state index contributed by atoms with van der Waals surface area (Å²) >= 11 is 5.55. The van der Waals surface area contributed by atoms with Gasteiger partial charge in [0.1, 0.15) is 11.0 Å². The zero-order valence-corrected chi connectivity index (χ0v) is 25.5. The van der Waals surface area contributed by atoms with Gasteiger partial charge in [-0.1, -0.05) is 57.2 Å². The Labute approximate surface area is 260 Å². The molecule has 6 rings (SSSR count). The number of ether oxygens (including phenoxy) is 1. The predicted octanol–water partition coefficient (Wildman–Crippen LogP) is 5.23. The number of aryl methyl sites for hydroxylation is 1. The molecular weight excluding hydrogens is 660 g/mol. The fraction of sp³-hybridized carbons (Fsp3) is 0.172. The van der Waals surface area contributed by atoms with Crippen LogP contribution in [-0.4, -0.2) is 39.5 Å². The number of thioether (sulfide) groups is 1. The number of fused-ring (bicyclic) bond motifs is 2. The lowest BCUT2D eigenvalue weighted by molar-refractivity contribution is -0.384. The number of non-ortho nitro benzene ring substituents is 1. The second-order valence-corrected chi connectivity index (χ2v) is 13.0. The number of rotatable bonds is 7. The summed E-state index contributed by atoms with van der Waals surface area (Å²) in [4.78, 5) is 67.7. The van der Waals surface area contributed by atoms with Crippen LogP contribution >= 0.6 is 39.0 Å². The molecule has 2 aliphatic heterocycles. The summed E-state index contributed by atoms with van der Waals surface area (Å²) in [5.74, 6) is -2.73. The first kappa shape index (κ1) is 28.8. The number of hydrogen-bond acceptors (Lipinski definition) is 9. The van der Waals surface area contributed by atoms with Gasteiger partial charge in [0, 0.05) is 38.7 Å². The zero-order valence-electron chi connectivity index (χ0n) is 22.2. The van der Waals surface area contributed by atoms with Gasteiger partial charge in [-0.25, -0.2) is 4.90 Å². The number of carbonyl (C=O) groups excluding carboxylic acids is 3. The van der Waals surface area contributed by atoms with E-state index in [9.17, 15) is 29.3 Å². The van der Waals surface area contributed by atoms with Crippen molar-refractivity contribution in [3.05, 3.63) is 107 Å². The zero-order chi connectivity index (χ0) is 30.4. The highest BCUT2D eigenvalue weighted by Gasteiger charge is 2.57. The van der Waals surface area contributed by atoms with Crippen molar-refractivity contribution in [3.63, 3.8) is 0 Å². The molecule has 14 heteroatoms. The lowest BCUT2D eigenvalue weighted by atomic mass is 9.82. The van der Waals surface area contributed by atoms with Gasteiger partial charge in [0.05, 0.1) is 21.6 Å². The molecule has 43 heavy (non-hydrogen) atoms. The maximum Gasteiger partial charge on any atom is 0.305 e. The number of para-hydroxylation sites is 1. The van der Waals surface area contributed by atoms with Crippen LogP contribution in [0, 0.1) is 23.0 Å². The smallest absolute Gasteiger partial charge is 0.305 e. The van der Waals surface area contributed by atoms with Crippen LogP contribution in [0.1, 0.15) is 21.9 Å². The molecule has 0 bridgehead atoms. The molecule has 2 aliphatic rings. The number of aromatic amines is 1. The Kier molecular flexibility index (Phi) is 7.66. The molecule has 1 saturated heterocycles. The number of amides is 3. The minimum atomic E-state index is -0.913. The van der Waals surface area contributed by atoms with E-state index in [0.29, 0.717) is 31.4 Å². The molecule has 0 spiro atoms. The number of halogens is 1. The van der Waals surface area contributed by atoms with Gasteiger partial charge in [0.15, 0.2) is 6.61 Å². The fourth-order valence-electron chi connectivity index (χ4n) is 5.27. The first-order valence-electron chi connectivity index (χ1n) is 12.9. The maximum absolute atomic E-state index is 14.0. The van der Waals surface area contributed by atoms with Crippen molar-refractivity contribution in [2.45, 2.75) is 23.1 Å². The number of anilines is 2. The lowest BCUT2D eigenvalue weighted by Crippen LogP contribution is -2.32. The summed E-state index contributed by atoms with van der Waals surface area (Å²) in [5, 5.41) is 13.6. The molecule has 0 aliphatic carbocycles. The molecule has 1 fully saturated rings. The van der Waals surface area contributed by atoms with Crippen molar-refractivity contribution in [2.75, 3.05) is 16.8 Å². The summed E-state index contributed by atoms with van der Waals surface area (Å²) in [7, 11) is 0. The monoisotopic (exact) mass is 680 g/mol. The number of nitro benzene ring substituents is 1. The number of H-pyrrole nitrogens is 1. The standard InChI is InChI=1S/C29H21BrN4O7S2/c1-14-4-2-3-5-19(14)31-21(35)13-41-20-11-6-15(30)12-18(20)22-23-25(42-26-24(22)43-29(38)32-26)28(37)33(27(23)36)16-7-9-17(10-8-16)34(39)40/h2-12,22-23,25H,13H2,1H3,(H,31,35)(H,32,38)/t22-,23?,25?/m1/s1. The van der Waals surface area contributed by atoms with E-state index in [0.717, 1.165) is 33.6 Å². The Balaban J connectivity index is 1.36. The maximum atomic E-state index is 14.0. The summed E-state index contributed by atoms with van der Waals surface area (Å²) < 4.78 is 6.67. The number of nitro groups is 1. The number of nitrogens with zero attached hydrogens (tertiary/aromatic N) is 2. The molecule has 0 saturated carbocycles. The number of hydrogen-bond donors (Lipinski definition) is 2. The van der Waals surface area contributed by atoms with Crippen LogP contribution in [0.25, 0.3) is 0 Å². The van der Waals surface area contributed by atoms with E-state index in [-0.39, 0.29) is 28.8 Å².